The molecule has 0 aromatic carbocycles. The first-order valence-electron chi connectivity index (χ1n) is 5.26. The Labute approximate surface area is 96.1 Å². The fraction of sp³-hybridized carbons (Fsp3) is 1.00. The highest BCUT2D eigenvalue weighted by atomic mass is 35.5. The van der Waals surface area contributed by atoms with Gasteiger partial charge in [-0.25, -0.2) is 13.1 Å². The zero-order valence-electron chi connectivity index (χ0n) is 8.65. The fourth-order valence-electron chi connectivity index (χ4n) is 1.97. The molecular weight excluding hydrogens is 238 g/mol. The quantitative estimate of drug-likeness (QED) is 0.711. The van der Waals surface area contributed by atoms with Crippen LogP contribution in [0.1, 0.15) is 25.7 Å². The molecule has 0 radical (unpaired) electrons. The molecule has 0 aliphatic heterocycles. The summed E-state index contributed by atoms with van der Waals surface area (Å²) in [5, 5.41) is 9.13. The van der Waals surface area contributed by atoms with Crippen LogP contribution in [0.15, 0.2) is 0 Å². The lowest BCUT2D eigenvalue weighted by Crippen LogP contribution is -2.44. The molecule has 2 atom stereocenters. The van der Waals surface area contributed by atoms with Crippen LogP contribution in [-0.4, -0.2) is 37.8 Å². The molecule has 0 saturated heterocycles. The third kappa shape index (κ3) is 4.26. The highest BCUT2D eigenvalue weighted by Crippen LogP contribution is 2.24. The Bertz CT molecular complexity index is 281. The second-order valence-corrected chi connectivity index (χ2v) is 6.21. The van der Waals surface area contributed by atoms with Crippen LogP contribution in [0.3, 0.4) is 0 Å². The summed E-state index contributed by atoms with van der Waals surface area (Å²) in [5.41, 5.74) is 0. The summed E-state index contributed by atoms with van der Waals surface area (Å²) in [6.07, 6.45) is 3.79. The average Bonchev–Trinajstić information content (AvgIpc) is 2.17. The minimum Gasteiger partial charge on any atom is -0.396 e. The average molecular weight is 256 g/mol. The zero-order valence-corrected chi connectivity index (χ0v) is 10.2. The van der Waals surface area contributed by atoms with Crippen molar-refractivity contribution in [1.82, 2.24) is 4.72 Å². The molecule has 0 aromatic rings. The lowest BCUT2D eigenvalue weighted by Gasteiger charge is -2.30. The van der Waals surface area contributed by atoms with Crippen LogP contribution in [0.2, 0.25) is 0 Å². The first-order valence-corrected chi connectivity index (χ1v) is 7.44. The molecule has 2 unspecified atom stereocenters. The van der Waals surface area contributed by atoms with E-state index >= 15 is 0 Å². The Morgan fingerprint density at radius 2 is 2.00 bits per heavy atom. The molecule has 15 heavy (non-hydrogen) atoms. The summed E-state index contributed by atoms with van der Waals surface area (Å²) in [6.45, 7) is 0.0497. The zero-order chi connectivity index (χ0) is 11.3. The number of aliphatic hydroxyl groups is 1. The maximum atomic E-state index is 11.5. The molecule has 1 aliphatic carbocycles. The Hall–Kier alpha value is 0.160. The third-order valence-corrected chi connectivity index (χ3v) is 4.64. The molecule has 1 rings (SSSR count). The van der Waals surface area contributed by atoms with Crippen molar-refractivity contribution in [3.63, 3.8) is 0 Å². The maximum absolute atomic E-state index is 11.5. The summed E-state index contributed by atoms with van der Waals surface area (Å²) >= 11 is 5.41. The molecule has 0 spiro atoms. The van der Waals surface area contributed by atoms with Gasteiger partial charge in [-0.05, 0) is 18.8 Å². The Morgan fingerprint density at radius 1 is 1.33 bits per heavy atom. The molecule has 90 valence electrons. The topological polar surface area (TPSA) is 66.4 Å². The van der Waals surface area contributed by atoms with E-state index in [0.29, 0.717) is 0 Å². The van der Waals surface area contributed by atoms with Gasteiger partial charge in [0.25, 0.3) is 0 Å². The lowest BCUT2D eigenvalue weighted by molar-refractivity contribution is 0.164. The van der Waals surface area contributed by atoms with E-state index in [1.54, 1.807) is 0 Å². The second-order valence-electron chi connectivity index (χ2n) is 3.96. The van der Waals surface area contributed by atoms with E-state index < -0.39 is 10.0 Å². The molecule has 1 fully saturated rings. The molecule has 4 nitrogen and oxygen atoms in total. The molecule has 1 saturated carbocycles. The van der Waals surface area contributed by atoms with Crippen molar-refractivity contribution in [2.24, 2.45) is 5.92 Å². The third-order valence-electron chi connectivity index (χ3n) is 2.82. The van der Waals surface area contributed by atoms with E-state index in [4.69, 9.17) is 16.7 Å². The number of rotatable bonds is 5. The van der Waals surface area contributed by atoms with E-state index in [2.05, 4.69) is 4.72 Å². The van der Waals surface area contributed by atoms with Crippen molar-refractivity contribution < 1.29 is 13.5 Å². The van der Waals surface area contributed by atoms with Gasteiger partial charge in [-0.3, -0.25) is 0 Å². The highest BCUT2D eigenvalue weighted by Gasteiger charge is 2.27. The first kappa shape index (κ1) is 13.2. The monoisotopic (exact) mass is 255 g/mol. The summed E-state index contributed by atoms with van der Waals surface area (Å²) in [5.74, 6) is 0.110. The van der Waals surface area contributed by atoms with Gasteiger partial charge in [0, 0.05) is 18.5 Å². The van der Waals surface area contributed by atoms with Crippen molar-refractivity contribution in [1.29, 1.82) is 0 Å². The van der Waals surface area contributed by atoms with E-state index in [0.717, 1.165) is 25.7 Å². The van der Waals surface area contributed by atoms with Gasteiger partial charge in [0.05, 0.1) is 5.75 Å². The highest BCUT2D eigenvalue weighted by molar-refractivity contribution is 7.89. The second kappa shape index (κ2) is 6.03. The smallest absolute Gasteiger partial charge is 0.213 e. The Balaban J connectivity index is 2.54. The van der Waals surface area contributed by atoms with Crippen molar-refractivity contribution in [3.8, 4) is 0 Å². The van der Waals surface area contributed by atoms with Crippen molar-refractivity contribution in [2.75, 3.05) is 18.2 Å². The van der Waals surface area contributed by atoms with Gasteiger partial charge in [0.2, 0.25) is 10.0 Å². The van der Waals surface area contributed by atoms with Gasteiger partial charge in [0.15, 0.2) is 0 Å². The normalized spacial score (nSPS) is 27.9. The van der Waals surface area contributed by atoms with Crippen LogP contribution in [0, 0.1) is 5.92 Å². The van der Waals surface area contributed by atoms with E-state index in [9.17, 15) is 8.42 Å². The molecule has 6 heteroatoms. The van der Waals surface area contributed by atoms with E-state index in [-0.39, 0.29) is 30.2 Å². The predicted molar refractivity (Wildman–Crippen MR) is 60.5 cm³/mol. The summed E-state index contributed by atoms with van der Waals surface area (Å²) in [4.78, 5) is 0. The predicted octanol–water partition coefficient (Wildman–Crippen LogP) is 0.696. The molecule has 0 aromatic heterocycles. The summed E-state index contributed by atoms with van der Waals surface area (Å²) in [7, 11) is -3.27. The molecule has 0 amide bonds. The van der Waals surface area contributed by atoms with Gasteiger partial charge < -0.3 is 5.11 Å². The van der Waals surface area contributed by atoms with Gasteiger partial charge in [0.1, 0.15) is 0 Å². The molecule has 0 bridgehead atoms. The number of hydrogen-bond acceptors (Lipinski definition) is 3. The fourth-order valence-corrected chi connectivity index (χ4v) is 3.67. The maximum Gasteiger partial charge on any atom is 0.213 e. The van der Waals surface area contributed by atoms with E-state index in [1.165, 1.54) is 0 Å². The minimum absolute atomic E-state index is 0.0497. The summed E-state index contributed by atoms with van der Waals surface area (Å²) < 4.78 is 25.6. The molecule has 2 N–H and O–H groups in total. The van der Waals surface area contributed by atoms with E-state index in [1.807, 2.05) is 0 Å². The molecule has 0 heterocycles. The van der Waals surface area contributed by atoms with Crippen molar-refractivity contribution in [2.45, 2.75) is 31.7 Å². The van der Waals surface area contributed by atoms with Crippen LogP contribution < -0.4 is 4.72 Å². The van der Waals surface area contributed by atoms with Crippen LogP contribution in [-0.2, 0) is 10.0 Å². The van der Waals surface area contributed by atoms with Crippen LogP contribution in [0.5, 0.6) is 0 Å². The Kier molecular flexibility index (Phi) is 5.32. The molecular formula is C9H18ClNO3S. The lowest BCUT2D eigenvalue weighted by atomic mass is 9.86. The first-order chi connectivity index (χ1) is 7.09. The van der Waals surface area contributed by atoms with Crippen LogP contribution in [0.25, 0.3) is 0 Å². The SMILES string of the molecule is O=S(=O)(CCCl)NC1CCCCC1CO. The van der Waals surface area contributed by atoms with Gasteiger partial charge in [-0.2, -0.15) is 0 Å². The number of alkyl halides is 1. The van der Waals surface area contributed by atoms with Gasteiger partial charge in [-0.1, -0.05) is 12.8 Å². The van der Waals surface area contributed by atoms with Gasteiger partial charge in [-0.15, -0.1) is 11.6 Å². The van der Waals surface area contributed by atoms with Crippen LogP contribution >= 0.6 is 11.6 Å². The number of aliphatic hydroxyl groups excluding tert-OH is 1. The van der Waals surface area contributed by atoms with Crippen molar-refractivity contribution >= 4 is 21.6 Å². The number of halogens is 1. The number of hydrogen-bond donors (Lipinski definition) is 2. The number of nitrogens with one attached hydrogen (secondary N) is 1. The standard InChI is InChI=1S/C9H18ClNO3S/c10-5-6-15(13,14)11-9-4-2-1-3-8(9)7-12/h8-9,11-12H,1-7H2. The van der Waals surface area contributed by atoms with Crippen LogP contribution in [0.4, 0.5) is 0 Å². The molecule has 1 aliphatic rings. The van der Waals surface area contributed by atoms with Gasteiger partial charge >= 0.3 is 0 Å². The summed E-state index contributed by atoms with van der Waals surface area (Å²) in [6, 6.07) is -0.114. The van der Waals surface area contributed by atoms with Crippen molar-refractivity contribution in [3.05, 3.63) is 0 Å². The largest absolute Gasteiger partial charge is 0.396 e. The number of sulfonamides is 1. The Morgan fingerprint density at radius 3 is 2.60 bits per heavy atom. The minimum atomic E-state index is -3.27.